The fourth-order valence-electron chi connectivity index (χ4n) is 2.91. The van der Waals surface area contributed by atoms with Gasteiger partial charge in [-0.3, -0.25) is 4.79 Å². The third kappa shape index (κ3) is 3.88. The number of anilines is 1. The topological polar surface area (TPSA) is 99.7 Å². The van der Waals surface area contributed by atoms with Gasteiger partial charge in [0.25, 0.3) is 5.91 Å². The summed E-state index contributed by atoms with van der Waals surface area (Å²) in [6, 6.07) is 7.33. The molecule has 0 aromatic heterocycles. The van der Waals surface area contributed by atoms with Crippen LogP contribution in [0, 0.1) is 9.39 Å². The number of carbonyl (C=O) groups is 2. The number of methoxy groups -OCH3 is 1. The van der Waals surface area contributed by atoms with E-state index in [0.717, 1.165) is 0 Å². The van der Waals surface area contributed by atoms with Crippen LogP contribution in [-0.2, 0) is 4.79 Å². The molecule has 4 N–H and O–H groups in total. The molecular weight excluding hydrogens is 480 g/mol. The Morgan fingerprint density at radius 3 is 2.57 bits per heavy atom. The molecule has 3 amide bonds. The maximum Gasteiger partial charge on any atom is 0.319 e. The quantitative estimate of drug-likeness (QED) is 0.487. The molecule has 2 aromatic rings. The lowest BCUT2D eigenvalue weighted by Gasteiger charge is -2.29. The van der Waals surface area contributed by atoms with Gasteiger partial charge in [0.15, 0.2) is 11.5 Å². The van der Waals surface area contributed by atoms with Gasteiger partial charge in [-0.15, -0.1) is 0 Å². The summed E-state index contributed by atoms with van der Waals surface area (Å²) in [5.74, 6) is -0.676. The number of allylic oxidation sites excluding steroid dienone is 1. The molecule has 1 atom stereocenters. The molecule has 1 aliphatic heterocycles. The van der Waals surface area contributed by atoms with Gasteiger partial charge < -0.3 is 25.8 Å². The number of urea groups is 1. The first-order valence-electron chi connectivity index (χ1n) is 8.22. The normalized spacial score (nSPS) is 16.3. The average molecular weight is 497 g/mol. The molecule has 1 aliphatic rings. The summed E-state index contributed by atoms with van der Waals surface area (Å²) >= 11 is 1.93. The minimum atomic E-state index is -0.794. The highest BCUT2D eigenvalue weighted by atomic mass is 127. The second kappa shape index (κ2) is 8.05. The lowest BCUT2D eigenvalue weighted by atomic mass is 9.94. The number of nitrogens with one attached hydrogen (secondary N) is 3. The zero-order chi connectivity index (χ0) is 20.4. The molecule has 1 heterocycles. The zero-order valence-corrected chi connectivity index (χ0v) is 17.1. The Kier molecular flexibility index (Phi) is 5.73. The van der Waals surface area contributed by atoms with Crippen LogP contribution in [-0.4, -0.2) is 24.2 Å². The van der Waals surface area contributed by atoms with Crippen molar-refractivity contribution >= 4 is 40.2 Å². The van der Waals surface area contributed by atoms with E-state index in [4.69, 9.17) is 4.74 Å². The van der Waals surface area contributed by atoms with E-state index in [2.05, 4.69) is 16.0 Å². The highest BCUT2D eigenvalue weighted by Gasteiger charge is 2.33. The van der Waals surface area contributed by atoms with Crippen molar-refractivity contribution in [1.82, 2.24) is 10.6 Å². The largest absolute Gasteiger partial charge is 0.504 e. The van der Waals surface area contributed by atoms with E-state index in [-0.39, 0.29) is 17.1 Å². The van der Waals surface area contributed by atoms with Crippen LogP contribution in [0.2, 0.25) is 0 Å². The highest BCUT2D eigenvalue weighted by Crippen LogP contribution is 2.39. The molecule has 28 heavy (non-hydrogen) atoms. The first-order valence-corrected chi connectivity index (χ1v) is 9.30. The van der Waals surface area contributed by atoms with E-state index in [9.17, 15) is 19.1 Å². The van der Waals surface area contributed by atoms with Crippen molar-refractivity contribution in [2.24, 2.45) is 0 Å². The molecular formula is C19H17FIN3O4. The number of hydrogen-bond donors (Lipinski definition) is 4. The Morgan fingerprint density at radius 1 is 1.25 bits per heavy atom. The Labute approximate surface area is 174 Å². The standard InChI is InChI=1S/C19H17FIN3O4/c1-9-14(18(26)23-11-5-3-10(20)4-6-11)16(24-19(27)22-9)12-7-8-13(28-2)17(25)15(12)21/h3-8,16,25H,1-2H3,(H,23,26)(H2,22,24,27)/t16-/m1/s1. The van der Waals surface area contributed by atoms with Crippen LogP contribution in [0.3, 0.4) is 0 Å². The molecule has 0 unspecified atom stereocenters. The van der Waals surface area contributed by atoms with Crippen LogP contribution in [0.15, 0.2) is 47.7 Å². The van der Waals surface area contributed by atoms with Gasteiger partial charge in [0.05, 0.1) is 22.3 Å². The summed E-state index contributed by atoms with van der Waals surface area (Å²) in [5, 5.41) is 18.3. The Morgan fingerprint density at radius 2 is 1.93 bits per heavy atom. The summed E-state index contributed by atoms with van der Waals surface area (Å²) in [5.41, 5.74) is 1.60. The maximum atomic E-state index is 13.1. The van der Waals surface area contributed by atoms with Gasteiger partial charge in [-0.25, -0.2) is 9.18 Å². The molecule has 2 aromatic carbocycles. The van der Waals surface area contributed by atoms with Crippen LogP contribution in [0.5, 0.6) is 11.5 Å². The van der Waals surface area contributed by atoms with Gasteiger partial charge in [0, 0.05) is 11.4 Å². The van der Waals surface area contributed by atoms with E-state index >= 15 is 0 Å². The van der Waals surface area contributed by atoms with Crippen molar-refractivity contribution in [3.8, 4) is 11.5 Å². The third-order valence-electron chi connectivity index (χ3n) is 4.26. The lowest BCUT2D eigenvalue weighted by Crippen LogP contribution is -2.46. The first-order chi connectivity index (χ1) is 13.3. The summed E-state index contributed by atoms with van der Waals surface area (Å²) in [4.78, 5) is 25.0. The van der Waals surface area contributed by atoms with Crippen molar-refractivity contribution in [3.05, 3.63) is 62.6 Å². The number of carbonyl (C=O) groups excluding carboxylic acids is 2. The van der Waals surface area contributed by atoms with Crippen LogP contribution in [0.25, 0.3) is 0 Å². The van der Waals surface area contributed by atoms with Crippen molar-refractivity contribution in [2.45, 2.75) is 13.0 Å². The smallest absolute Gasteiger partial charge is 0.319 e. The van der Waals surface area contributed by atoms with Crippen molar-refractivity contribution in [1.29, 1.82) is 0 Å². The van der Waals surface area contributed by atoms with Crippen molar-refractivity contribution < 1.29 is 23.8 Å². The fourth-order valence-corrected chi connectivity index (χ4v) is 3.67. The number of halogens is 2. The van der Waals surface area contributed by atoms with Gasteiger partial charge in [0.1, 0.15) is 5.82 Å². The number of phenolic OH excluding ortho intramolecular Hbond substituents is 1. The molecule has 0 fully saturated rings. The van der Waals surface area contributed by atoms with Gasteiger partial charge in [-0.1, -0.05) is 6.07 Å². The number of hydrogen-bond acceptors (Lipinski definition) is 4. The minimum Gasteiger partial charge on any atom is -0.504 e. The minimum absolute atomic E-state index is 0.0793. The van der Waals surface area contributed by atoms with Crippen LogP contribution >= 0.6 is 22.6 Å². The predicted molar refractivity (Wildman–Crippen MR) is 110 cm³/mol. The van der Waals surface area contributed by atoms with Gasteiger partial charge in [-0.2, -0.15) is 0 Å². The van der Waals surface area contributed by atoms with Crippen molar-refractivity contribution in [3.63, 3.8) is 0 Å². The van der Waals surface area contributed by atoms with Gasteiger partial charge in [-0.05, 0) is 65.4 Å². The third-order valence-corrected chi connectivity index (χ3v) is 5.39. The van der Waals surface area contributed by atoms with E-state index in [1.54, 1.807) is 19.1 Å². The first kappa shape index (κ1) is 19.9. The van der Waals surface area contributed by atoms with Gasteiger partial charge in [0.2, 0.25) is 0 Å². The molecule has 0 spiro atoms. The molecule has 9 heteroatoms. The number of amides is 3. The Balaban J connectivity index is 2.00. The van der Waals surface area contributed by atoms with E-state index in [1.165, 1.54) is 31.4 Å². The average Bonchev–Trinajstić information content (AvgIpc) is 2.65. The monoisotopic (exact) mass is 497 g/mol. The van der Waals surface area contributed by atoms with E-state index < -0.39 is 23.8 Å². The van der Waals surface area contributed by atoms with E-state index in [1.807, 2.05) is 22.6 Å². The summed E-state index contributed by atoms with van der Waals surface area (Å²) in [6.07, 6.45) is 0. The molecule has 0 saturated heterocycles. The second-order valence-electron chi connectivity index (χ2n) is 6.05. The number of aromatic hydroxyl groups is 1. The van der Waals surface area contributed by atoms with Crippen LogP contribution in [0.1, 0.15) is 18.5 Å². The zero-order valence-electron chi connectivity index (χ0n) is 15.0. The highest BCUT2D eigenvalue weighted by molar-refractivity contribution is 14.1. The number of phenols is 1. The summed E-state index contributed by atoms with van der Waals surface area (Å²) in [7, 11) is 1.43. The fraction of sp³-hybridized carbons (Fsp3) is 0.158. The molecule has 7 nitrogen and oxygen atoms in total. The molecule has 0 saturated carbocycles. The predicted octanol–water partition coefficient (Wildman–Crippen LogP) is 3.41. The number of rotatable bonds is 4. The van der Waals surface area contributed by atoms with Crippen LogP contribution in [0.4, 0.5) is 14.9 Å². The molecule has 0 radical (unpaired) electrons. The molecule has 0 aliphatic carbocycles. The summed E-state index contributed by atoms with van der Waals surface area (Å²) < 4.78 is 18.6. The Bertz CT molecular complexity index is 976. The Hall–Kier alpha value is -2.82. The number of ether oxygens (including phenoxy) is 1. The van der Waals surface area contributed by atoms with Crippen LogP contribution < -0.4 is 20.7 Å². The molecule has 3 rings (SSSR count). The lowest BCUT2D eigenvalue weighted by molar-refractivity contribution is -0.113. The van der Waals surface area contributed by atoms with Gasteiger partial charge >= 0.3 is 6.03 Å². The molecule has 146 valence electrons. The number of benzene rings is 2. The maximum absolute atomic E-state index is 13.1. The SMILES string of the molecule is COc1ccc([C@H]2NC(=O)NC(C)=C2C(=O)Nc2ccc(F)cc2)c(I)c1O. The molecule has 0 bridgehead atoms. The van der Waals surface area contributed by atoms with E-state index in [0.29, 0.717) is 20.5 Å². The second-order valence-corrected chi connectivity index (χ2v) is 7.13. The van der Waals surface area contributed by atoms with Crippen molar-refractivity contribution in [2.75, 3.05) is 12.4 Å². The summed E-state index contributed by atoms with van der Waals surface area (Å²) in [6.45, 7) is 1.61.